The maximum absolute atomic E-state index is 5.50. The smallest absolute Gasteiger partial charge is 0.0714 e. The Morgan fingerprint density at radius 1 is 1.45 bits per heavy atom. The third-order valence-corrected chi connectivity index (χ3v) is 1.56. The van der Waals surface area contributed by atoms with Crippen LogP contribution in [0, 0.1) is 5.92 Å². The van der Waals surface area contributed by atoms with Crippen molar-refractivity contribution in [1.29, 1.82) is 0 Å². The minimum atomic E-state index is 0.269. The van der Waals surface area contributed by atoms with Gasteiger partial charge >= 0.3 is 0 Å². The van der Waals surface area contributed by atoms with Crippen LogP contribution in [0.15, 0.2) is 0 Å². The van der Waals surface area contributed by atoms with Crippen LogP contribution in [0.5, 0.6) is 0 Å². The standard InChI is InChI=1S/C8H20N2O/c1-7(2)5-8(11-4)6-10(3)9/h7-8H,5-6,9H2,1-4H3. The topological polar surface area (TPSA) is 38.5 Å². The van der Waals surface area contributed by atoms with Crippen molar-refractivity contribution in [3.05, 3.63) is 0 Å². The van der Waals surface area contributed by atoms with Gasteiger partial charge in [-0.05, 0) is 12.3 Å². The minimum Gasteiger partial charge on any atom is -0.380 e. The molecule has 0 aliphatic rings. The lowest BCUT2D eigenvalue weighted by Gasteiger charge is -2.20. The van der Waals surface area contributed by atoms with Gasteiger partial charge in [0.15, 0.2) is 0 Å². The van der Waals surface area contributed by atoms with Gasteiger partial charge in [0, 0.05) is 20.7 Å². The zero-order chi connectivity index (χ0) is 8.85. The van der Waals surface area contributed by atoms with Gasteiger partial charge in [0.05, 0.1) is 6.10 Å². The molecule has 0 heterocycles. The van der Waals surface area contributed by atoms with E-state index in [1.54, 1.807) is 12.1 Å². The number of ether oxygens (including phenoxy) is 1. The predicted molar refractivity (Wildman–Crippen MR) is 47.1 cm³/mol. The van der Waals surface area contributed by atoms with Crippen LogP contribution in [-0.2, 0) is 4.74 Å². The molecule has 0 aliphatic heterocycles. The summed E-state index contributed by atoms with van der Waals surface area (Å²) >= 11 is 0. The number of hydrazine groups is 1. The molecule has 0 aromatic heterocycles. The predicted octanol–water partition coefficient (Wildman–Crippen LogP) is 0.853. The Hall–Kier alpha value is -0.120. The summed E-state index contributed by atoms with van der Waals surface area (Å²) in [4.78, 5) is 0. The lowest BCUT2D eigenvalue weighted by atomic mass is 10.1. The Bertz CT molecular complexity index is 84.1. The average Bonchev–Trinajstić information content (AvgIpc) is 1.84. The van der Waals surface area contributed by atoms with Crippen molar-refractivity contribution in [3.8, 4) is 0 Å². The molecule has 0 spiro atoms. The Morgan fingerprint density at radius 2 is 2.00 bits per heavy atom. The highest BCUT2D eigenvalue weighted by atomic mass is 16.5. The largest absolute Gasteiger partial charge is 0.380 e. The zero-order valence-corrected chi connectivity index (χ0v) is 8.00. The van der Waals surface area contributed by atoms with Gasteiger partial charge in [-0.1, -0.05) is 13.8 Å². The molecule has 0 saturated heterocycles. The lowest BCUT2D eigenvalue weighted by molar-refractivity contribution is 0.0565. The Balaban J connectivity index is 3.58. The number of nitrogens with zero attached hydrogens (tertiary/aromatic N) is 1. The van der Waals surface area contributed by atoms with Crippen molar-refractivity contribution in [1.82, 2.24) is 5.01 Å². The monoisotopic (exact) mass is 160 g/mol. The van der Waals surface area contributed by atoms with E-state index < -0.39 is 0 Å². The van der Waals surface area contributed by atoms with Gasteiger partial charge < -0.3 is 4.74 Å². The van der Waals surface area contributed by atoms with Crippen molar-refractivity contribution in [2.75, 3.05) is 20.7 Å². The zero-order valence-electron chi connectivity index (χ0n) is 8.00. The number of hydrogen-bond acceptors (Lipinski definition) is 3. The summed E-state index contributed by atoms with van der Waals surface area (Å²) in [7, 11) is 3.59. The van der Waals surface area contributed by atoms with Crippen LogP contribution >= 0.6 is 0 Å². The fourth-order valence-electron chi connectivity index (χ4n) is 1.09. The fourth-order valence-corrected chi connectivity index (χ4v) is 1.09. The first-order valence-corrected chi connectivity index (χ1v) is 4.05. The van der Waals surface area contributed by atoms with E-state index in [-0.39, 0.29) is 6.10 Å². The average molecular weight is 160 g/mol. The second-order valence-electron chi connectivity index (χ2n) is 3.43. The second kappa shape index (κ2) is 5.52. The summed E-state index contributed by atoms with van der Waals surface area (Å²) in [5.74, 6) is 6.16. The summed E-state index contributed by atoms with van der Waals surface area (Å²) in [5.41, 5.74) is 0. The van der Waals surface area contributed by atoms with Gasteiger partial charge in [0.1, 0.15) is 0 Å². The summed E-state index contributed by atoms with van der Waals surface area (Å²) in [6.07, 6.45) is 1.34. The molecule has 0 radical (unpaired) electrons. The molecule has 0 fully saturated rings. The number of likely N-dealkylation sites (N-methyl/N-ethyl adjacent to an activating group) is 1. The van der Waals surface area contributed by atoms with Gasteiger partial charge in [-0.25, -0.2) is 5.01 Å². The second-order valence-corrected chi connectivity index (χ2v) is 3.43. The molecule has 0 rings (SSSR count). The lowest BCUT2D eigenvalue weighted by Crippen LogP contribution is -2.35. The molecular formula is C8H20N2O. The molecule has 1 unspecified atom stereocenters. The highest BCUT2D eigenvalue weighted by molar-refractivity contribution is 4.61. The summed E-state index contributed by atoms with van der Waals surface area (Å²) in [5, 5.41) is 1.66. The molecule has 68 valence electrons. The summed E-state index contributed by atoms with van der Waals surface area (Å²) < 4.78 is 5.25. The molecule has 0 saturated carbocycles. The van der Waals surface area contributed by atoms with Crippen LogP contribution < -0.4 is 5.84 Å². The Kier molecular flexibility index (Phi) is 5.46. The van der Waals surface area contributed by atoms with E-state index in [1.165, 1.54) is 0 Å². The normalized spacial score (nSPS) is 14.5. The van der Waals surface area contributed by atoms with E-state index in [4.69, 9.17) is 10.6 Å². The molecule has 3 nitrogen and oxygen atoms in total. The molecular weight excluding hydrogens is 140 g/mol. The van der Waals surface area contributed by atoms with Gasteiger partial charge in [-0.3, -0.25) is 5.84 Å². The molecule has 0 aromatic carbocycles. The third kappa shape index (κ3) is 6.28. The molecule has 0 aliphatic carbocycles. The first kappa shape index (κ1) is 10.9. The summed E-state index contributed by atoms with van der Waals surface area (Å²) in [6, 6.07) is 0. The Morgan fingerprint density at radius 3 is 2.27 bits per heavy atom. The number of methoxy groups -OCH3 is 1. The summed E-state index contributed by atoms with van der Waals surface area (Å²) in [6.45, 7) is 5.17. The van der Waals surface area contributed by atoms with Crippen LogP contribution in [-0.4, -0.2) is 31.8 Å². The van der Waals surface area contributed by atoms with Gasteiger partial charge in [-0.15, -0.1) is 0 Å². The quantitative estimate of drug-likeness (QED) is 0.479. The number of hydrogen-bond donors (Lipinski definition) is 1. The molecule has 0 amide bonds. The molecule has 0 aromatic rings. The van der Waals surface area contributed by atoms with Gasteiger partial charge in [0.2, 0.25) is 0 Å². The number of rotatable bonds is 5. The Labute approximate surface area is 69.5 Å². The number of nitrogens with two attached hydrogens (primary N) is 1. The van der Waals surface area contributed by atoms with E-state index in [0.29, 0.717) is 5.92 Å². The highest BCUT2D eigenvalue weighted by Gasteiger charge is 2.10. The molecule has 3 heteroatoms. The molecule has 2 N–H and O–H groups in total. The maximum atomic E-state index is 5.50. The van der Waals surface area contributed by atoms with E-state index >= 15 is 0 Å². The first-order chi connectivity index (χ1) is 5.06. The van der Waals surface area contributed by atoms with Crippen molar-refractivity contribution in [2.24, 2.45) is 11.8 Å². The highest BCUT2D eigenvalue weighted by Crippen LogP contribution is 2.07. The van der Waals surface area contributed by atoms with Crippen LogP contribution in [0.25, 0.3) is 0 Å². The maximum Gasteiger partial charge on any atom is 0.0714 e. The van der Waals surface area contributed by atoms with Crippen molar-refractivity contribution in [3.63, 3.8) is 0 Å². The molecule has 1 atom stereocenters. The van der Waals surface area contributed by atoms with E-state index in [0.717, 1.165) is 13.0 Å². The van der Waals surface area contributed by atoms with Gasteiger partial charge in [-0.2, -0.15) is 0 Å². The fraction of sp³-hybridized carbons (Fsp3) is 1.00. The first-order valence-electron chi connectivity index (χ1n) is 4.05. The van der Waals surface area contributed by atoms with Crippen LogP contribution in [0.4, 0.5) is 0 Å². The third-order valence-electron chi connectivity index (χ3n) is 1.56. The van der Waals surface area contributed by atoms with Crippen molar-refractivity contribution in [2.45, 2.75) is 26.4 Å². The van der Waals surface area contributed by atoms with Crippen LogP contribution in [0.1, 0.15) is 20.3 Å². The van der Waals surface area contributed by atoms with E-state index in [9.17, 15) is 0 Å². The van der Waals surface area contributed by atoms with Crippen molar-refractivity contribution >= 4 is 0 Å². The van der Waals surface area contributed by atoms with E-state index in [1.807, 2.05) is 7.05 Å². The van der Waals surface area contributed by atoms with Gasteiger partial charge in [0.25, 0.3) is 0 Å². The van der Waals surface area contributed by atoms with Crippen LogP contribution in [0.3, 0.4) is 0 Å². The molecule has 0 bridgehead atoms. The molecule has 11 heavy (non-hydrogen) atoms. The van der Waals surface area contributed by atoms with E-state index in [2.05, 4.69) is 13.8 Å². The van der Waals surface area contributed by atoms with Crippen LogP contribution in [0.2, 0.25) is 0 Å². The SMILES string of the molecule is COC(CC(C)C)CN(C)N. The minimum absolute atomic E-state index is 0.269. The van der Waals surface area contributed by atoms with Crippen molar-refractivity contribution < 1.29 is 4.74 Å².